The molecule has 9 heteroatoms. The van der Waals surface area contributed by atoms with E-state index >= 15 is 0 Å². The van der Waals surface area contributed by atoms with Crippen molar-refractivity contribution in [1.82, 2.24) is 14.8 Å². The summed E-state index contributed by atoms with van der Waals surface area (Å²) < 4.78 is 6.90. The van der Waals surface area contributed by atoms with E-state index in [0.717, 1.165) is 5.56 Å². The fourth-order valence-corrected chi connectivity index (χ4v) is 2.64. The van der Waals surface area contributed by atoms with E-state index in [2.05, 4.69) is 10.5 Å². The molecule has 0 spiro atoms. The van der Waals surface area contributed by atoms with Crippen molar-refractivity contribution in [2.24, 2.45) is 10.8 Å². The lowest BCUT2D eigenvalue weighted by Crippen LogP contribution is -2.39. The number of pyridine rings is 1. The molecule has 3 N–H and O–H groups in total. The topological polar surface area (TPSA) is 97.2 Å². The first kappa shape index (κ1) is 16.3. The third-order valence-electron chi connectivity index (χ3n) is 3.74. The molecule has 1 aliphatic rings. The van der Waals surface area contributed by atoms with Crippen LogP contribution in [0.3, 0.4) is 0 Å². The number of hydrogen-bond donors (Lipinski definition) is 2. The zero-order chi connectivity index (χ0) is 17.1. The Balaban J connectivity index is 2.17. The molecule has 2 aromatic rings. The number of nitrogens with one attached hydrogen (secondary N) is 1. The number of thiocarbonyl (C=S) groups is 1. The summed E-state index contributed by atoms with van der Waals surface area (Å²) in [6.45, 7) is 4.44. The lowest BCUT2D eigenvalue weighted by Gasteiger charge is -2.29. The number of rotatable bonds is 3. The molecule has 8 nitrogen and oxygen atoms in total. The largest absolute Gasteiger partial charge is 0.378 e. The number of hydrogen-bond acceptors (Lipinski definition) is 6. The van der Waals surface area contributed by atoms with Gasteiger partial charge in [0.25, 0.3) is 5.56 Å². The second kappa shape index (κ2) is 6.93. The molecule has 1 aliphatic heterocycles. The summed E-state index contributed by atoms with van der Waals surface area (Å²) in [5.74, 6) is 0.589. The normalized spacial score (nSPS) is 15.1. The highest BCUT2D eigenvalue weighted by Crippen LogP contribution is 2.17. The highest BCUT2D eigenvalue weighted by atomic mass is 32.1. The van der Waals surface area contributed by atoms with Gasteiger partial charge in [-0.25, -0.2) is 4.98 Å². The number of aryl methyl sites for hydroxylation is 1. The van der Waals surface area contributed by atoms with Gasteiger partial charge in [0.15, 0.2) is 5.11 Å². The van der Waals surface area contributed by atoms with Crippen LogP contribution in [0.4, 0.5) is 5.82 Å². The average Bonchev–Trinajstić information content (AvgIpc) is 2.58. The Labute approximate surface area is 143 Å². The first-order valence-electron chi connectivity index (χ1n) is 7.51. The van der Waals surface area contributed by atoms with Crippen LogP contribution in [-0.2, 0) is 4.74 Å². The van der Waals surface area contributed by atoms with E-state index in [4.69, 9.17) is 27.7 Å². The molecule has 0 amide bonds. The first-order valence-corrected chi connectivity index (χ1v) is 7.92. The molecule has 2 aromatic heterocycles. The minimum atomic E-state index is -0.196. The van der Waals surface area contributed by atoms with Crippen LogP contribution >= 0.6 is 12.2 Å². The molecule has 0 unspecified atom stereocenters. The SMILES string of the molecule is Cc1cccn2c(=O)c(/C=N\NC(N)=S)c(N3CCOCC3)nc12. The van der Waals surface area contributed by atoms with Gasteiger partial charge in [-0.3, -0.25) is 14.6 Å². The Morgan fingerprint density at radius 3 is 2.96 bits per heavy atom. The molecule has 1 fully saturated rings. The predicted octanol–water partition coefficient (Wildman–Crippen LogP) is 0.00662. The smallest absolute Gasteiger partial charge is 0.268 e. The van der Waals surface area contributed by atoms with E-state index in [1.54, 1.807) is 6.20 Å². The quantitative estimate of drug-likeness (QED) is 0.459. The molecule has 3 rings (SSSR count). The first-order chi connectivity index (χ1) is 11.6. The number of ether oxygens (including phenoxy) is 1. The van der Waals surface area contributed by atoms with Crippen molar-refractivity contribution in [3.8, 4) is 0 Å². The van der Waals surface area contributed by atoms with Gasteiger partial charge in [-0.15, -0.1) is 0 Å². The standard InChI is InChI=1S/C15H18N6O2S/c1-10-3-2-4-21-12(10)18-13(20-5-7-23-8-6-20)11(14(21)22)9-17-19-15(16)24/h2-4,9H,5-8H2,1H3,(H3,16,19,24)/b17-9-. The maximum Gasteiger partial charge on any atom is 0.268 e. The molecule has 126 valence electrons. The second-order valence-corrected chi connectivity index (χ2v) is 5.81. The molecule has 0 saturated carbocycles. The van der Waals surface area contributed by atoms with Crippen molar-refractivity contribution in [2.75, 3.05) is 31.2 Å². The summed E-state index contributed by atoms with van der Waals surface area (Å²) in [5.41, 5.74) is 9.57. The van der Waals surface area contributed by atoms with Crippen molar-refractivity contribution >= 4 is 35.0 Å². The van der Waals surface area contributed by atoms with Gasteiger partial charge in [0.05, 0.1) is 19.4 Å². The Morgan fingerprint density at radius 2 is 2.25 bits per heavy atom. The molecule has 0 bridgehead atoms. The number of fused-ring (bicyclic) bond motifs is 1. The number of aromatic nitrogens is 2. The maximum atomic E-state index is 12.9. The van der Waals surface area contributed by atoms with E-state index in [9.17, 15) is 4.79 Å². The number of anilines is 1. The van der Waals surface area contributed by atoms with Crippen molar-refractivity contribution in [1.29, 1.82) is 0 Å². The molecule has 0 radical (unpaired) electrons. The van der Waals surface area contributed by atoms with E-state index < -0.39 is 0 Å². The van der Waals surface area contributed by atoms with E-state index in [0.29, 0.717) is 43.3 Å². The molecule has 0 aliphatic carbocycles. The van der Waals surface area contributed by atoms with Crippen LogP contribution in [0.25, 0.3) is 5.65 Å². The van der Waals surface area contributed by atoms with Gasteiger partial charge in [-0.1, -0.05) is 6.07 Å². The Bertz CT molecular complexity index is 857. The summed E-state index contributed by atoms with van der Waals surface area (Å²) >= 11 is 4.72. The number of morpholine rings is 1. The average molecular weight is 346 g/mol. The summed E-state index contributed by atoms with van der Waals surface area (Å²) in [6, 6.07) is 3.74. The zero-order valence-corrected chi connectivity index (χ0v) is 14.0. The summed E-state index contributed by atoms with van der Waals surface area (Å²) in [5, 5.41) is 3.97. The van der Waals surface area contributed by atoms with Crippen LogP contribution in [0.15, 0.2) is 28.2 Å². The highest BCUT2D eigenvalue weighted by molar-refractivity contribution is 7.80. The molecule has 24 heavy (non-hydrogen) atoms. The van der Waals surface area contributed by atoms with E-state index in [1.165, 1.54) is 10.6 Å². The Morgan fingerprint density at radius 1 is 1.50 bits per heavy atom. The third kappa shape index (κ3) is 3.22. The molecule has 0 aromatic carbocycles. The van der Waals surface area contributed by atoms with E-state index in [-0.39, 0.29) is 10.7 Å². The van der Waals surface area contributed by atoms with Gasteiger partial charge in [0.2, 0.25) is 0 Å². The van der Waals surface area contributed by atoms with Gasteiger partial charge in [0, 0.05) is 19.3 Å². The van der Waals surface area contributed by atoms with Gasteiger partial charge in [-0.05, 0) is 30.8 Å². The fraction of sp³-hybridized carbons (Fsp3) is 0.333. The van der Waals surface area contributed by atoms with Crippen LogP contribution in [0.1, 0.15) is 11.1 Å². The molecular formula is C15H18N6O2S. The third-order valence-corrected chi connectivity index (χ3v) is 3.83. The lowest BCUT2D eigenvalue weighted by atomic mass is 10.2. The Hall–Kier alpha value is -2.52. The van der Waals surface area contributed by atoms with Crippen LogP contribution < -0.4 is 21.6 Å². The molecular weight excluding hydrogens is 328 g/mol. The summed E-state index contributed by atoms with van der Waals surface area (Å²) in [7, 11) is 0. The molecule has 0 atom stereocenters. The summed E-state index contributed by atoms with van der Waals surface area (Å²) in [4.78, 5) is 19.6. The van der Waals surface area contributed by atoms with Crippen molar-refractivity contribution in [3.63, 3.8) is 0 Å². The second-order valence-electron chi connectivity index (χ2n) is 5.37. The van der Waals surface area contributed by atoms with Gasteiger partial charge in [-0.2, -0.15) is 5.10 Å². The van der Waals surface area contributed by atoms with Crippen LogP contribution in [0.5, 0.6) is 0 Å². The van der Waals surface area contributed by atoms with Gasteiger partial charge >= 0.3 is 0 Å². The fourth-order valence-electron chi connectivity index (χ4n) is 2.59. The molecule has 3 heterocycles. The number of hydrazone groups is 1. The van der Waals surface area contributed by atoms with Crippen LogP contribution in [0, 0.1) is 6.92 Å². The van der Waals surface area contributed by atoms with Crippen molar-refractivity contribution < 1.29 is 4.74 Å². The van der Waals surface area contributed by atoms with Crippen molar-refractivity contribution in [2.45, 2.75) is 6.92 Å². The van der Waals surface area contributed by atoms with Gasteiger partial charge < -0.3 is 15.4 Å². The number of nitrogens with zero attached hydrogens (tertiary/aromatic N) is 4. The highest BCUT2D eigenvalue weighted by Gasteiger charge is 2.20. The zero-order valence-electron chi connectivity index (χ0n) is 13.2. The summed E-state index contributed by atoms with van der Waals surface area (Å²) in [6.07, 6.45) is 3.10. The minimum Gasteiger partial charge on any atom is -0.378 e. The van der Waals surface area contributed by atoms with Crippen LogP contribution in [0.2, 0.25) is 0 Å². The Kier molecular flexibility index (Phi) is 4.72. The van der Waals surface area contributed by atoms with Crippen molar-refractivity contribution in [3.05, 3.63) is 39.8 Å². The van der Waals surface area contributed by atoms with Crippen LogP contribution in [-0.4, -0.2) is 47.0 Å². The lowest BCUT2D eigenvalue weighted by molar-refractivity contribution is 0.122. The number of nitrogens with two attached hydrogens (primary N) is 1. The monoisotopic (exact) mass is 346 g/mol. The van der Waals surface area contributed by atoms with E-state index in [1.807, 2.05) is 24.0 Å². The maximum absolute atomic E-state index is 12.9. The van der Waals surface area contributed by atoms with Gasteiger partial charge in [0.1, 0.15) is 17.0 Å². The molecule has 1 saturated heterocycles. The minimum absolute atomic E-state index is 0.0314. The predicted molar refractivity (Wildman–Crippen MR) is 96.7 cm³/mol.